The van der Waals surface area contributed by atoms with Crippen LogP contribution in [0, 0.1) is 6.92 Å². The zero-order valence-electron chi connectivity index (χ0n) is 16.6. The summed E-state index contributed by atoms with van der Waals surface area (Å²) in [4.78, 5) is 9.77. The molecule has 1 aromatic carbocycles. The lowest BCUT2D eigenvalue weighted by molar-refractivity contribution is -0.671. The van der Waals surface area contributed by atoms with E-state index < -0.39 is 0 Å². The molecule has 5 nitrogen and oxygen atoms in total. The van der Waals surface area contributed by atoms with Crippen LogP contribution in [0.3, 0.4) is 0 Å². The van der Waals surface area contributed by atoms with Gasteiger partial charge in [0.2, 0.25) is 11.6 Å². The summed E-state index contributed by atoms with van der Waals surface area (Å²) in [6, 6.07) is 20.6. The van der Waals surface area contributed by atoms with Gasteiger partial charge < -0.3 is 9.14 Å². The maximum Gasteiger partial charge on any atom is 0.262 e. The number of methoxy groups -OCH3 is 1. The fraction of sp³-hybridized carbons (Fsp3) is 0.125. The fourth-order valence-electron chi connectivity index (χ4n) is 4.00. The Hall–Kier alpha value is -3.73. The van der Waals surface area contributed by atoms with Crippen molar-refractivity contribution in [2.45, 2.75) is 6.92 Å². The number of aryl methyl sites for hydroxylation is 2. The molecule has 0 unspecified atom stereocenters. The Bertz CT molecular complexity index is 1300. The lowest BCUT2D eigenvalue weighted by Crippen LogP contribution is -2.36. The molecule has 0 fully saturated rings. The molecule has 29 heavy (non-hydrogen) atoms. The SMILES string of the molecule is COC1=Nc2ccc[n+](C)c2/C1=N/c1c(-c2ccccc2)c(C)c2ccccn12. The molecule has 0 radical (unpaired) electrons. The highest BCUT2D eigenvalue weighted by molar-refractivity contribution is 6.48. The second-order valence-corrected chi connectivity index (χ2v) is 7.08. The van der Waals surface area contributed by atoms with E-state index in [-0.39, 0.29) is 0 Å². The van der Waals surface area contributed by atoms with Crippen molar-refractivity contribution in [3.05, 3.63) is 84.3 Å². The fourth-order valence-corrected chi connectivity index (χ4v) is 4.00. The molecule has 1 aliphatic heterocycles. The number of aromatic nitrogens is 2. The molecular weight excluding hydrogens is 360 g/mol. The monoisotopic (exact) mass is 381 g/mol. The zero-order valence-corrected chi connectivity index (χ0v) is 16.6. The Morgan fingerprint density at radius 3 is 2.59 bits per heavy atom. The van der Waals surface area contributed by atoms with Gasteiger partial charge in [-0.15, -0.1) is 0 Å². The normalized spacial score (nSPS) is 14.3. The summed E-state index contributed by atoms with van der Waals surface area (Å²) in [7, 11) is 3.64. The van der Waals surface area contributed by atoms with Gasteiger partial charge in [-0.05, 0) is 36.2 Å². The summed E-state index contributed by atoms with van der Waals surface area (Å²) >= 11 is 0. The first-order valence-corrected chi connectivity index (χ1v) is 9.55. The van der Waals surface area contributed by atoms with Crippen LogP contribution in [0.1, 0.15) is 11.3 Å². The number of hydrogen-bond donors (Lipinski definition) is 0. The van der Waals surface area contributed by atoms with Crippen LogP contribution in [0.5, 0.6) is 0 Å². The van der Waals surface area contributed by atoms with Crippen LogP contribution in [-0.4, -0.2) is 23.1 Å². The van der Waals surface area contributed by atoms with Gasteiger partial charge in [0.25, 0.3) is 5.69 Å². The van der Waals surface area contributed by atoms with E-state index >= 15 is 0 Å². The Morgan fingerprint density at radius 1 is 1.00 bits per heavy atom. The number of nitrogens with zero attached hydrogens (tertiary/aromatic N) is 4. The number of benzene rings is 1. The van der Waals surface area contributed by atoms with Gasteiger partial charge in [-0.1, -0.05) is 36.4 Å². The van der Waals surface area contributed by atoms with E-state index in [4.69, 9.17) is 9.73 Å². The van der Waals surface area contributed by atoms with Crippen LogP contribution in [0.2, 0.25) is 0 Å². The highest BCUT2D eigenvalue weighted by atomic mass is 16.5. The molecule has 0 atom stereocenters. The molecule has 0 bridgehead atoms. The van der Waals surface area contributed by atoms with Crippen molar-refractivity contribution in [3.63, 3.8) is 0 Å². The minimum Gasteiger partial charge on any atom is -0.479 e. The van der Waals surface area contributed by atoms with E-state index in [1.165, 1.54) is 5.56 Å². The van der Waals surface area contributed by atoms with Gasteiger partial charge in [-0.25, -0.2) is 9.98 Å². The molecule has 4 heterocycles. The second kappa shape index (κ2) is 6.71. The van der Waals surface area contributed by atoms with Gasteiger partial charge in [0, 0.05) is 17.8 Å². The molecule has 142 valence electrons. The molecule has 0 saturated carbocycles. The van der Waals surface area contributed by atoms with Crippen LogP contribution in [-0.2, 0) is 11.8 Å². The first kappa shape index (κ1) is 17.4. The molecule has 5 rings (SSSR count). The van der Waals surface area contributed by atoms with Crippen LogP contribution >= 0.6 is 0 Å². The number of fused-ring (bicyclic) bond motifs is 2. The summed E-state index contributed by atoms with van der Waals surface area (Å²) in [5.41, 5.74) is 7.15. The van der Waals surface area contributed by atoms with Gasteiger partial charge in [0.15, 0.2) is 6.20 Å². The van der Waals surface area contributed by atoms with Crippen molar-refractivity contribution in [1.82, 2.24) is 4.40 Å². The summed E-state index contributed by atoms with van der Waals surface area (Å²) in [6.07, 6.45) is 4.06. The van der Waals surface area contributed by atoms with E-state index in [0.717, 1.165) is 39.6 Å². The second-order valence-electron chi connectivity index (χ2n) is 7.08. The van der Waals surface area contributed by atoms with Crippen molar-refractivity contribution < 1.29 is 9.30 Å². The third-order valence-electron chi connectivity index (χ3n) is 5.35. The molecule has 3 aromatic heterocycles. The van der Waals surface area contributed by atoms with Gasteiger partial charge in [-0.3, -0.25) is 0 Å². The minimum absolute atomic E-state index is 0.532. The predicted molar refractivity (Wildman–Crippen MR) is 115 cm³/mol. The highest BCUT2D eigenvalue weighted by Gasteiger charge is 2.33. The molecule has 0 aliphatic carbocycles. The lowest BCUT2D eigenvalue weighted by atomic mass is 10.0. The third-order valence-corrected chi connectivity index (χ3v) is 5.35. The number of pyridine rings is 2. The zero-order chi connectivity index (χ0) is 20.0. The van der Waals surface area contributed by atoms with Gasteiger partial charge in [-0.2, -0.15) is 4.57 Å². The number of rotatable bonds is 2. The first-order valence-electron chi connectivity index (χ1n) is 9.55. The summed E-state index contributed by atoms with van der Waals surface area (Å²) in [6.45, 7) is 2.15. The molecule has 1 aliphatic rings. The van der Waals surface area contributed by atoms with Gasteiger partial charge in [0.1, 0.15) is 18.6 Å². The lowest BCUT2D eigenvalue weighted by Gasteiger charge is -2.06. The predicted octanol–water partition coefficient (Wildman–Crippen LogP) is 4.55. The largest absolute Gasteiger partial charge is 0.479 e. The number of ether oxygens (including phenoxy) is 1. The minimum atomic E-state index is 0.532. The number of hydrogen-bond acceptors (Lipinski definition) is 3. The Labute approximate surface area is 169 Å². The van der Waals surface area contributed by atoms with E-state index in [1.54, 1.807) is 7.11 Å². The van der Waals surface area contributed by atoms with Crippen molar-refractivity contribution in [2.75, 3.05) is 7.11 Å². The van der Waals surface area contributed by atoms with Crippen LogP contribution in [0.15, 0.2) is 83.0 Å². The van der Waals surface area contributed by atoms with Crippen molar-refractivity contribution in [1.29, 1.82) is 0 Å². The molecular formula is C24H21N4O+. The first-order chi connectivity index (χ1) is 14.2. The van der Waals surface area contributed by atoms with E-state index in [2.05, 4.69) is 58.9 Å². The quantitative estimate of drug-likeness (QED) is 0.470. The van der Waals surface area contributed by atoms with E-state index in [9.17, 15) is 0 Å². The highest BCUT2D eigenvalue weighted by Crippen LogP contribution is 2.39. The smallest absolute Gasteiger partial charge is 0.262 e. The topological polar surface area (TPSA) is 42.2 Å². The average molecular weight is 381 g/mol. The Morgan fingerprint density at radius 2 is 1.79 bits per heavy atom. The van der Waals surface area contributed by atoms with Crippen molar-refractivity contribution in [2.24, 2.45) is 17.0 Å². The van der Waals surface area contributed by atoms with E-state index in [1.807, 2.05) is 42.1 Å². The summed E-state index contributed by atoms with van der Waals surface area (Å²) < 4.78 is 9.77. The molecule has 4 aromatic rings. The maximum atomic E-state index is 5.59. The van der Waals surface area contributed by atoms with Crippen molar-refractivity contribution in [3.8, 4) is 11.1 Å². The third kappa shape index (κ3) is 2.66. The van der Waals surface area contributed by atoms with Crippen LogP contribution in [0.4, 0.5) is 11.5 Å². The Kier molecular flexibility index (Phi) is 4.02. The summed E-state index contributed by atoms with van der Waals surface area (Å²) in [5, 5.41) is 0. The summed E-state index contributed by atoms with van der Waals surface area (Å²) in [5.74, 6) is 1.41. The van der Waals surface area contributed by atoms with Gasteiger partial charge >= 0.3 is 0 Å². The maximum absolute atomic E-state index is 5.59. The molecule has 5 heteroatoms. The van der Waals surface area contributed by atoms with E-state index in [0.29, 0.717) is 5.90 Å². The molecule has 0 saturated heterocycles. The average Bonchev–Trinajstić information content (AvgIpc) is 3.25. The number of aliphatic imine (C=N–C) groups is 2. The molecule has 0 spiro atoms. The van der Waals surface area contributed by atoms with Crippen LogP contribution < -0.4 is 4.57 Å². The Balaban J connectivity index is 1.84. The van der Waals surface area contributed by atoms with Crippen LogP contribution in [0.25, 0.3) is 16.6 Å². The standard InChI is InChI=1S/C24H21N4O/c1-16-19-13-7-8-15-28(19)23(20(16)17-10-5-4-6-11-17)26-21-22-18(25-24(21)29-3)12-9-14-27(22)2/h4-15H,1-3H3/q+1. The van der Waals surface area contributed by atoms with Gasteiger partial charge in [0.05, 0.1) is 12.6 Å². The molecule has 0 N–H and O–H groups in total. The molecule has 0 amide bonds. The van der Waals surface area contributed by atoms with Crippen molar-refractivity contribution >= 4 is 28.6 Å².